The molecule has 1 aromatic heterocycles. The normalized spacial score (nSPS) is 18.2. The lowest BCUT2D eigenvalue weighted by molar-refractivity contribution is 0.0717. The van der Waals surface area contributed by atoms with E-state index in [9.17, 15) is 9.59 Å². The summed E-state index contributed by atoms with van der Waals surface area (Å²) in [7, 11) is 0. The van der Waals surface area contributed by atoms with Gasteiger partial charge in [0.05, 0.1) is 6.61 Å². The van der Waals surface area contributed by atoms with Crippen LogP contribution in [0, 0.1) is 0 Å². The molecule has 8 nitrogen and oxygen atoms in total. The van der Waals surface area contributed by atoms with Gasteiger partial charge in [0.15, 0.2) is 11.5 Å². The van der Waals surface area contributed by atoms with Crippen LogP contribution < -0.4 is 4.90 Å². The maximum Gasteiger partial charge on any atom is 0.409 e. The smallest absolute Gasteiger partial charge is 0.409 e. The van der Waals surface area contributed by atoms with Gasteiger partial charge in [-0.25, -0.2) is 4.79 Å². The average molecular weight is 347 g/mol. The molecule has 2 aliphatic heterocycles. The summed E-state index contributed by atoms with van der Waals surface area (Å²) in [5.74, 6) is 0.699. The molecular formula is C17H25N5O3. The highest BCUT2D eigenvalue weighted by Crippen LogP contribution is 2.16. The van der Waals surface area contributed by atoms with Crippen molar-refractivity contribution < 1.29 is 14.3 Å². The first-order valence-corrected chi connectivity index (χ1v) is 8.98. The Labute approximate surface area is 147 Å². The Balaban J connectivity index is 1.56. The Morgan fingerprint density at radius 2 is 1.68 bits per heavy atom. The number of carbonyl (C=O) groups excluding carboxylic acids is 2. The maximum atomic E-state index is 12.4. The van der Waals surface area contributed by atoms with Gasteiger partial charge in [0.2, 0.25) is 0 Å². The fourth-order valence-corrected chi connectivity index (χ4v) is 3.20. The van der Waals surface area contributed by atoms with Crippen LogP contribution in [0.1, 0.15) is 36.7 Å². The fourth-order valence-electron chi connectivity index (χ4n) is 3.20. The molecule has 0 aliphatic carbocycles. The standard InChI is InChI=1S/C17H25N5O3/c1-2-25-17(24)22-12-10-20(11-13-22)15-7-6-14(18-19-15)16(23)21-8-4-3-5-9-21/h6-7H,2-5,8-13H2,1H3. The summed E-state index contributed by atoms with van der Waals surface area (Å²) in [5, 5.41) is 8.34. The third-order valence-electron chi connectivity index (χ3n) is 4.64. The molecule has 0 radical (unpaired) electrons. The van der Waals surface area contributed by atoms with E-state index in [2.05, 4.69) is 15.1 Å². The van der Waals surface area contributed by atoms with Gasteiger partial charge in [0.1, 0.15) is 0 Å². The number of ether oxygens (including phenoxy) is 1. The predicted molar refractivity (Wildman–Crippen MR) is 92.6 cm³/mol. The lowest BCUT2D eigenvalue weighted by atomic mass is 10.1. The molecule has 2 aliphatic rings. The molecule has 2 fully saturated rings. The number of piperidine rings is 1. The molecule has 0 saturated carbocycles. The van der Waals surface area contributed by atoms with Gasteiger partial charge in [0, 0.05) is 39.3 Å². The van der Waals surface area contributed by atoms with Crippen LogP contribution in [0.15, 0.2) is 12.1 Å². The largest absolute Gasteiger partial charge is 0.450 e. The molecule has 0 aromatic carbocycles. The van der Waals surface area contributed by atoms with Crippen LogP contribution in [0.4, 0.5) is 10.6 Å². The Bertz CT molecular complexity index is 593. The number of likely N-dealkylation sites (tertiary alicyclic amines) is 1. The maximum absolute atomic E-state index is 12.4. The molecule has 3 rings (SSSR count). The first-order chi connectivity index (χ1) is 12.2. The zero-order chi connectivity index (χ0) is 17.6. The van der Waals surface area contributed by atoms with Crippen LogP contribution in [-0.2, 0) is 4.74 Å². The molecule has 8 heteroatoms. The summed E-state index contributed by atoms with van der Waals surface area (Å²) in [4.78, 5) is 29.8. The quantitative estimate of drug-likeness (QED) is 0.822. The van der Waals surface area contributed by atoms with E-state index < -0.39 is 0 Å². The van der Waals surface area contributed by atoms with Crippen molar-refractivity contribution >= 4 is 17.8 Å². The highest BCUT2D eigenvalue weighted by atomic mass is 16.6. The number of rotatable bonds is 3. The highest BCUT2D eigenvalue weighted by Gasteiger charge is 2.24. The van der Waals surface area contributed by atoms with Crippen molar-refractivity contribution in [2.75, 3.05) is 50.8 Å². The number of carbonyl (C=O) groups is 2. The van der Waals surface area contributed by atoms with E-state index in [4.69, 9.17) is 4.74 Å². The van der Waals surface area contributed by atoms with E-state index >= 15 is 0 Å². The Morgan fingerprint density at radius 3 is 2.28 bits per heavy atom. The summed E-state index contributed by atoms with van der Waals surface area (Å²) in [6, 6.07) is 3.58. The third kappa shape index (κ3) is 4.18. The molecule has 25 heavy (non-hydrogen) atoms. The summed E-state index contributed by atoms with van der Waals surface area (Å²) in [6.07, 6.45) is 3.03. The molecule has 0 N–H and O–H groups in total. The zero-order valence-corrected chi connectivity index (χ0v) is 14.7. The first kappa shape index (κ1) is 17.4. The SMILES string of the molecule is CCOC(=O)N1CCN(c2ccc(C(=O)N3CCCCC3)nn2)CC1. The van der Waals surface area contributed by atoms with E-state index in [0.717, 1.165) is 31.7 Å². The Hall–Kier alpha value is -2.38. The zero-order valence-electron chi connectivity index (χ0n) is 14.7. The van der Waals surface area contributed by atoms with Crippen LogP contribution >= 0.6 is 0 Å². The summed E-state index contributed by atoms with van der Waals surface area (Å²) in [6.45, 7) is 6.33. The van der Waals surface area contributed by atoms with Gasteiger partial charge >= 0.3 is 6.09 Å². The second kappa shape index (κ2) is 8.13. The van der Waals surface area contributed by atoms with Gasteiger partial charge in [-0.05, 0) is 38.3 Å². The lowest BCUT2D eigenvalue weighted by Gasteiger charge is -2.34. The van der Waals surface area contributed by atoms with Crippen LogP contribution in [0.25, 0.3) is 0 Å². The molecule has 136 valence electrons. The van der Waals surface area contributed by atoms with Gasteiger partial charge < -0.3 is 19.4 Å². The van der Waals surface area contributed by atoms with Gasteiger partial charge in [-0.1, -0.05) is 0 Å². The summed E-state index contributed by atoms with van der Waals surface area (Å²) in [5.41, 5.74) is 0.399. The van der Waals surface area contributed by atoms with Gasteiger partial charge in [-0.3, -0.25) is 4.79 Å². The van der Waals surface area contributed by atoms with Crippen molar-refractivity contribution in [3.63, 3.8) is 0 Å². The van der Waals surface area contributed by atoms with Crippen molar-refractivity contribution in [3.8, 4) is 0 Å². The van der Waals surface area contributed by atoms with Crippen LogP contribution in [0.2, 0.25) is 0 Å². The number of anilines is 1. The average Bonchev–Trinajstić information content (AvgIpc) is 2.68. The molecule has 2 amide bonds. The van der Waals surface area contributed by atoms with Gasteiger partial charge in [-0.2, -0.15) is 0 Å². The number of hydrogen-bond acceptors (Lipinski definition) is 6. The van der Waals surface area contributed by atoms with Crippen molar-refractivity contribution in [2.24, 2.45) is 0 Å². The monoisotopic (exact) mass is 347 g/mol. The van der Waals surface area contributed by atoms with Gasteiger partial charge in [-0.15, -0.1) is 10.2 Å². The van der Waals surface area contributed by atoms with E-state index in [1.54, 1.807) is 17.9 Å². The van der Waals surface area contributed by atoms with E-state index in [-0.39, 0.29) is 12.0 Å². The number of nitrogens with zero attached hydrogens (tertiary/aromatic N) is 5. The second-order valence-corrected chi connectivity index (χ2v) is 6.30. The molecular weight excluding hydrogens is 322 g/mol. The van der Waals surface area contributed by atoms with Crippen LogP contribution in [-0.4, -0.2) is 77.9 Å². The molecule has 2 saturated heterocycles. The minimum Gasteiger partial charge on any atom is -0.450 e. The van der Waals surface area contributed by atoms with Gasteiger partial charge in [0.25, 0.3) is 5.91 Å². The second-order valence-electron chi connectivity index (χ2n) is 6.30. The van der Waals surface area contributed by atoms with E-state index in [0.29, 0.717) is 38.5 Å². The van der Waals surface area contributed by atoms with Crippen molar-refractivity contribution in [3.05, 3.63) is 17.8 Å². The van der Waals surface area contributed by atoms with Crippen molar-refractivity contribution in [2.45, 2.75) is 26.2 Å². The number of piperazine rings is 1. The highest BCUT2D eigenvalue weighted by molar-refractivity contribution is 5.92. The first-order valence-electron chi connectivity index (χ1n) is 8.98. The van der Waals surface area contributed by atoms with E-state index in [1.165, 1.54) is 6.42 Å². The molecule has 1 aromatic rings. The Morgan fingerprint density at radius 1 is 0.960 bits per heavy atom. The molecule has 0 bridgehead atoms. The van der Waals surface area contributed by atoms with Crippen molar-refractivity contribution in [1.29, 1.82) is 0 Å². The lowest BCUT2D eigenvalue weighted by Crippen LogP contribution is -2.49. The molecule has 3 heterocycles. The van der Waals surface area contributed by atoms with Crippen LogP contribution in [0.5, 0.6) is 0 Å². The minimum atomic E-state index is -0.268. The predicted octanol–water partition coefficient (Wildman–Crippen LogP) is 1.38. The summed E-state index contributed by atoms with van der Waals surface area (Å²) < 4.78 is 5.02. The molecule has 0 atom stereocenters. The fraction of sp³-hybridized carbons (Fsp3) is 0.647. The number of aromatic nitrogens is 2. The topological polar surface area (TPSA) is 78.9 Å². The Kier molecular flexibility index (Phi) is 5.67. The third-order valence-corrected chi connectivity index (χ3v) is 4.64. The van der Waals surface area contributed by atoms with Crippen molar-refractivity contribution in [1.82, 2.24) is 20.0 Å². The molecule has 0 unspecified atom stereocenters. The molecule has 0 spiro atoms. The van der Waals surface area contributed by atoms with Crippen LogP contribution in [0.3, 0.4) is 0 Å². The summed E-state index contributed by atoms with van der Waals surface area (Å²) >= 11 is 0. The minimum absolute atomic E-state index is 0.0362. The van der Waals surface area contributed by atoms with E-state index in [1.807, 2.05) is 11.0 Å². The number of amides is 2. The number of hydrogen-bond donors (Lipinski definition) is 0.